The first-order valence-electron chi connectivity index (χ1n) is 11.8. The van der Waals surface area contributed by atoms with Gasteiger partial charge in [0.2, 0.25) is 11.9 Å². The van der Waals surface area contributed by atoms with E-state index >= 15 is 0 Å². The van der Waals surface area contributed by atoms with Crippen molar-refractivity contribution >= 4 is 23.1 Å². The molecule has 188 valence electrons. The van der Waals surface area contributed by atoms with Gasteiger partial charge in [-0.25, -0.2) is 4.98 Å². The van der Waals surface area contributed by atoms with E-state index in [-0.39, 0.29) is 5.95 Å². The average molecular weight is 496 g/mol. The van der Waals surface area contributed by atoms with Gasteiger partial charge in [0.05, 0.1) is 32.4 Å². The lowest BCUT2D eigenvalue weighted by Crippen LogP contribution is -2.26. The Morgan fingerprint density at radius 1 is 1.00 bits per heavy atom. The average Bonchev–Trinajstić information content (AvgIpc) is 3.31. The first-order valence-corrected chi connectivity index (χ1v) is 11.8. The third-order valence-corrected chi connectivity index (χ3v) is 5.77. The first-order chi connectivity index (χ1) is 18.0. The fourth-order valence-electron chi connectivity index (χ4n) is 3.82. The Bertz CT molecular complexity index is 1400. The van der Waals surface area contributed by atoms with Gasteiger partial charge in [-0.05, 0) is 47.9 Å². The van der Waals surface area contributed by atoms with Gasteiger partial charge in [-0.15, -0.1) is 5.10 Å². The van der Waals surface area contributed by atoms with Crippen LogP contribution in [0.3, 0.4) is 0 Å². The summed E-state index contributed by atoms with van der Waals surface area (Å²) in [7, 11) is 3.30. The molecule has 0 bridgehead atoms. The number of fused-ring (bicyclic) bond motifs is 1. The zero-order valence-electron chi connectivity index (χ0n) is 21.1. The van der Waals surface area contributed by atoms with Crippen LogP contribution in [0, 0.1) is 11.3 Å². The predicted octanol–water partition coefficient (Wildman–Crippen LogP) is 4.80. The number of allylic oxidation sites excluding steroid dienone is 4. The number of benzene rings is 2. The van der Waals surface area contributed by atoms with Gasteiger partial charge in [-0.3, -0.25) is 0 Å². The van der Waals surface area contributed by atoms with E-state index in [4.69, 9.17) is 25.5 Å². The molecule has 0 saturated carbocycles. The highest BCUT2D eigenvalue weighted by Gasteiger charge is 2.18. The molecule has 37 heavy (non-hydrogen) atoms. The van der Waals surface area contributed by atoms with Crippen molar-refractivity contribution in [2.75, 3.05) is 24.9 Å². The van der Waals surface area contributed by atoms with Crippen molar-refractivity contribution in [3.05, 3.63) is 89.6 Å². The Kier molecular flexibility index (Phi) is 8.01. The Morgan fingerprint density at radius 2 is 1.59 bits per heavy atom. The largest absolute Gasteiger partial charge is 0.497 e. The number of ether oxygens (including phenoxy) is 2. The molecule has 4 aromatic rings. The molecule has 4 rings (SSSR count). The second-order valence-corrected chi connectivity index (χ2v) is 8.37. The number of nitriles is 1. The molecule has 0 aliphatic heterocycles. The Labute approximate surface area is 216 Å². The summed E-state index contributed by atoms with van der Waals surface area (Å²) in [5, 5.41) is 13.2. The van der Waals surface area contributed by atoms with Crippen LogP contribution < -0.4 is 20.1 Å². The van der Waals surface area contributed by atoms with Gasteiger partial charge in [0.1, 0.15) is 11.5 Å². The standard InChI is InChI=1S/C28H29N7O2/c1-20(7-5-4-6-16-29)25-17-26-32-27(30)33-35(26)28(31-25)34(18-21-8-12-23(36-2)13-9-21)19-22-10-14-24(37-3)15-11-22/h4-5,7-15,17H,6,18-19H2,1-3H3,(H2,30,33)/b5-4-,20-7+. The van der Waals surface area contributed by atoms with E-state index in [9.17, 15) is 0 Å². The van der Waals surface area contributed by atoms with Crippen LogP contribution in [0.2, 0.25) is 0 Å². The molecule has 0 spiro atoms. The molecule has 0 radical (unpaired) electrons. The van der Waals surface area contributed by atoms with Crippen LogP contribution in [0.5, 0.6) is 11.5 Å². The first kappa shape index (κ1) is 25.3. The van der Waals surface area contributed by atoms with Crippen molar-refractivity contribution in [1.82, 2.24) is 19.6 Å². The minimum atomic E-state index is 0.171. The van der Waals surface area contributed by atoms with Crippen LogP contribution in [0.1, 0.15) is 30.2 Å². The van der Waals surface area contributed by atoms with E-state index in [2.05, 4.69) is 21.1 Å². The number of nitrogen functional groups attached to an aromatic ring is 1. The number of methoxy groups -OCH3 is 2. The summed E-state index contributed by atoms with van der Waals surface area (Å²) >= 11 is 0. The number of anilines is 2. The van der Waals surface area contributed by atoms with Gasteiger partial charge in [0, 0.05) is 19.2 Å². The van der Waals surface area contributed by atoms with Crippen LogP contribution in [0.25, 0.3) is 11.2 Å². The molecular weight excluding hydrogens is 466 g/mol. The summed E-state index contributed by atoms with van der Waals surface area (Å²) in [5.41, 5.74) is 10.4. The van der Waals surface area contributed by atoms with Crippen molar-refractivity contribution in [3.8, 4) is 17.6 Å². The molecule has 2 heterocycles. The second kappa shape index (κ2) is 11.7. The van der Waals surface area contributed by atoms with Gasteiger partial charge in [0.15, 0.2) is 5.65 Å². The lowest BCUT2D eigenvalue weighted by molar-refractivity contribution is 0.414. The van der Waals surface area contributed by atoms with Crippen molar-refractivity contribution in [1.29, 1.82) is 5.26 Å². The number of aromatic nitrogens is 4. The SMILES string of the molecule is COc1ccc(CN(Cc2ccc(OC)cc2)c2nc(/C(C)=C/C=C\CC#N)cc3nc(N)nn23)cc1. The van der Waals surface area contributed by atoms with E-state index in [1.807, 2.05) is 73.7 Å². The molecule has 0 aliphatic carbocycles. The predicted molar refractivity (Wildman–Crippen MR) is 144 cm³/mol. The topological polar surface area (TPSA) is 115 Å². The molecule has 2 N–H and O–H groups in total. The summed E-state index contributed by atoms with van der Waals surface area (Å²) < 4.78 is 12.3. The van der Waals surface area contributed by atoms with Crippen LogP contribution in [0.4, 0.5) is 11.9 Å². The Balaban J connectivity index is 1.79. The smallest absolute Gasteiger partial charge is 0.240 e. The Morgan fingerprint density at radius 3 is 2.14 bits per heavy atom. The zero-order valence-corrected chi connectivity index (χ0v) is 21.1. The van der Waals surface area contributed by atoms with Gasteiger partial charge in [0.25, 0.3) is 0 Å². The molecule has 0 aliphatic rings. The monoisotopic (exact) mass is 495 g/mol. The van der Waals surface area contributed by atoms with Crippen molar-refractivity contribution in [2.45, 2.75) is 26.4 Å². The maximum atomic E-state index is 8.78. The Hall–Kier alpha value is -4.84. The number of rotatable bonds is 10. The van der Waals surface area contributed by atoms with Crippen LogP contribution in [-0.4, -0.2) is 33.8 Å². The number of nitrogens with zero attached hydrogens (tertiary/aromatic N) is 6. The maximum Gasteiger partial charge on any atom is 0.240 e. The lowest BCUT2D eigenvalue weighted by atomic mass is 10.1. The quantitative estimate of drug-likeness (QED) is 0.312. The van der Waals surface area contributed by atoms with E-state index < -0.39 is 0 Å². The van der Waals surface area contributed by atoms with Gasteiger partial charge in [-0.2, -0.15) is 14.8 Å². The van der Waals surface area contributed by atoms with Crippen molar-refractivity contribution < 1.29 is 9.47 Å². The van der Waals surface area contributed by atoms with Gasteiger partial charge in [-0.1, -0.05) is 42.5 Å². The third kappa shape index (κ3) is 6.24. The fraction of sp³-hybridized carbons (Fsp3) is 0.214. The molecule has 0 amide bonds. The molecule has 0 unspecified atom stereocenters. The summed E-state index contributed by atoms with van der Waals surface area (Å²) in [4.78, 5) is 11.5. The van der Waals surface area contributed by atoms with Crippen molar-refractivity contribution in [2.24, 2.45) is 0 Å². The highest BCUT2D eigenvalue weighted by atomic mass is 16.5. The molecule has 2 aromatic carbocycles. The van der Waals surface area contributed by atoms with E-state index in [0.717, 1.165) is 33.9 Å². The van der Waals surface area contributed by atoms with Crippen molar-refractivity contribution in [3.63, 3.8) is 0 Å². The summed E-state index contributed by atoms with van der Waals surface area (Å²) in [6.07, 6.45) is 5.93. The molecule has 0 atom stereocenters. The molecule has 2 aromatic heterocycles. The number of hydrogen-bond donors (Lipinski definition) is 1. The minimum Gasteiger partial charge on any atom is -0.497 e. The highest BCUT2D eigenvalue weighted by molar-refractivity contribution is 5.67. The minimum absolute atomic E-state index is 0.171. The van der Waals surface area contributed by atoms with Crippen LogP contribution in [0.15, 0.2) is 72.8 Å². The number of hydrogen-bond acceptors (Lipinski definition) is 8. The summed E-state index contributed by atoms with van der Waals surface area (Å²) in [5.74, 6) is 2.37. The van der Waals surface area contributed by atoms with E-state index in [1.54, 1.807) is 24.8 Å². The molecule has 9 nitrogen and oxygen atoms in total. The van der Waals surface area contributed by atoms with E-state index in [1.165, 1.54) is 0 Å². The van der Waals surface area contributed by atoms with Crippen LogP contribution in [-0.2, 0) is 13.1 Å². The zero-order chi connectivity index (χ0) is 26.2. The summed E-state index contributed by atoms with van der Waals surface area (Å²) in [6, 6.07) is 19.8. The highest BCUT2D eigenvalue weighted by Crippen LogP contribution is 2.25. The summed E-state index contributed by atoms with van der Waals surface area (Å²) in [6.45, 7) is 3.09. The molecule has 0 saturated heterocycles. The van der Waals surface area contributed by atoms with Gasteiger partial charge < -0.3 is 20.1 Å². The molecular formula is C28H29N7O2. The molecule has 0 fully saturated rings. The second-order valence-electron chi connectivity index (χ2n) is 8.37. The normalized spacial score (nSPS) is 11.6. The number of nitrogens with two attached hydrogens (primary N) is 1. The third-order valence-electron chi connectivity index (χ3n) is 5.77. The molecule has 9 heteroatoms. The lowest BCUT2D eigenvalue weighted by Gasteiger charge is -2.25. The fourth-order valence-corrected chi connectivity index (χ4v) is 3.82. The van der Waals surface area contributed by atoms with Gasteiger partial charge >= 0.3 is 0 Å². The van der Waals surface area contributed by atoms with E-state index in [0.29, 0.717) is 31.1 Å². The maximum absolute atomic E-state index is 8.78. The van der Waals surface area contributed by atoms with Crippen LogP contribution >= 0.6 is 0 Å².